The molecule has 0 fully saturated rings. The van der Waals surface area contributed by atoms with Gasteiger partial charge in [-0.25, -0.2) is 0 Å². The zero-order valence-electron chi connectivity index (χ0n) is 6.54. The van der Waals surface area contributed by atoms with Crippen LogP contribution in [-0.4, -0.2) is 6.29 Å². The summed E-state index contributed by atoms with van der Waals surface area (Å²) in [5, 5.41) is 8.65. The van der Waals surface area contributed by atoms with E-state index in [-0.39, 0.29) is 0 Å². The van der Waals surface area contributed by atoms with Crippen LogP contribution in [0.4, 0.5) is 0 Å². The fourth-order valence-corrected chi connectivity index (χ4v) is 0.972. The van der Waals surface area contributed by atoms with Crippen molar-refractivity contribution in [1.82, 2.24) is 0 Å². The number of carbonyl (C=O) groups is 1. The summed E-state index contributed by atoms with van der Waals surface area (Å²) in [5.41, 5.74) is 0.986. The number of hydrogen-bond acceptors (Lipinski definition) is 2. The summed E-state index contributed by atoms with van der Waals surface area (Å²) < 4.78 is 0. The van der Waals surface area contributed by atoms with E-state index >= 15 is 0 Å². The Morgan fingerprint density at radius 3 is 2.85 bits per heavy atom. The van der Waals surface area contributed by atoms with E-state index in [4.69, 9.17) is 16.9 Å². The number of nitriles is 1. The molecule has 0 aliphatic rings. The van der Waals surface area contributed by atoms with E-state index in [0.29, 0.717) is 22.4 Å². The molecule has 1 rings (SSSR count). The zero-order valence-corrected chi connectivity index (χ0v) is 7.30. The molecule has 62 valence electrons. The maximum absolute atomic E-state index is 10.4. The van der Waals surface area contributed by atoms with Crippen molar-refractivity contribution in [3.8, 4) is 17.9 Å². The number of carbonyl (C=O) groups excluding carboxylic acids is 1. The minimum atomic E-state index is 0.438. The first kappa shape index (κ1) is 9.32. The second kappa shape index (κ2) is 4.30. The molecule has 0 atom stereocenters. The maximum atomic E-state index is 10.4. The van der Waals surface area contributed by atoms with E-state index < -0.39 is 0 Å². The second-order valence-corrected chi connectivity index (χ2v) is 2.63. The third-order valence-electron chi connectivity index (χ3n) is 1.38. The quantitative estimate of drug-likeness (QED) is 0.501. The molecule has 0 saturated carbocycles. The van der Waals surface area contributed by atoms with Crippen LogP contribution >= 0.6 is 11.6 Å². The van der Waals surface area contributed by atoms with Gasteiger partial charge in [0.05, 0.1) is 5.02 Å². The minimum absolute atomic E-state index is 0.438. The fourth-order valence-electron chi connectivity index (χ4n) is 0.807. The molecule has 0 aromatic heterocycles. The lowest BCUT2D eigenvalue weighted by Gasteiger charge is -1.95. The molecule has 0 spiro atoms. The molecule has 0 heterocycles. The first-order chi connectivity index (χ1) is 6.27. The molecule has 0 unspecified atom stereocenters. The summed E-state index contributed by atoms with van der Waals surface area (Å²) in [6, 6.07) is 6.38. The van der Waals surface area contributed by atoms with Gasteiger partial charge in [0.15, 0.2) is 6.07 Å². The molecular weight excluding hydrogens is 186 g/mol. The van der Waals surface area contributed by atoms with E-state index in [2.05, 4.69) is 11.8 Å². The highest BCUT2D eigenvalue weighted by Gasteiger charge is 1.97. The predicted octanol–water partition coefficient (Wildman–Crippen LogP) is 2.03. The standard InChI is InChI=1S/C10H4ClNO/c11-10-4-3-8(7-13)6-9(10)2-1-5-12/h3-4,6-7H. The molecule has 1 aromatic rings. The molecular formula is C10H4ClNO. The average molecular weight is 190 g/mol. The SMILES string of the molecule is N#CC#Cc1cc(C=O)ccc1Cl. The molecule has 1 aromatic carbocycles. The van der Waals surface area contributed by atoms with Crippen molar-refractivity contribution in [2.45, 2.75) is 0 Å². The zero-order chi connectivity index (χ0) is 9.68. The van der Waals surface area contributed by atoms with Gasteiger partial charge < -0.3 is 0 Å². The van der Waals surface area contributed by atoms with Crippen LogP contribution in [0.15, 0.2) is 18.2 Å². The van der Waals surface area contributed by atoms with Crippen molar-refractivity contribution in [1.29, 1.82) is 5.26 Å². The maximum Gasteiger partial charge on any atom is 0.152 e. The third kappa shape index (κ3) is 2.33. The van der Waals surface area contributed by atoms with Crippen molar-refractivity contribution in [3.63, 3.8) is 0 Å². The second-order valence-electron chi connectivity index (χ2n) is 2.22. The summed E-state index contributed by atoms with van der Waals surface area (Å²) in [4.78, 5) is 10.4. The summed E-state index contributed by atoms with van der Waals surface area (Å²) in [5.74, 6) is 4.75. The van der Waals surface area contributed by atoms with Crippen molar-refractivity contribution in [2.24, 2.45) is 0 Å². The number of aldehydes is 1. The predicted molar refractivity (Wildman–Crippen MR) is 49.3 cm³/mol. The molecule has 13 heavy (non-hydrogen) atoms. The lowest BCUT2D eigenvalue weighted by Crippen LogP contribution is -1.83. The smallest absolute Gasteiger partial charge is 0.152 e. The minimum Gasteiger partial charge on any atom is -0.298 e. The van der Waals surface area contributed by atoms with Crippen LogP contribution in [0.2, 0.25) is 5.02 Å². The highest BCUT2D eigenvalue weighted by atomic mass is 35.5. The van der Waals surface area contributed by atoms with Crippen LogP contribution < -0.4 is 0 Å². The van der Waals surface area contributed by atoms with Crippen molar-refractivity contribution < 1.29 is 4.79 Å². The van der Waals surface area contributed by atoms with Gasteiger partial charge in [0.25, 0.3) is 0 Å². The summed E-state index contributed by atoms with van der Waals surface area (Å²) in [6.07, 6.45) is 0.702. The Morgan fingerprint density at radius 2 is 2.23 bits per heavy atom. The van der Waals surface area contributed by atoms with Crippen LogP contribution in [0.5, 0.6) is 0 Å². The van der Waals surface area contributed by atoms with Crippen LogP contribution in [-0.2, 0) is 0 Å². The largest absolute Gasteiger partial charge is 0.298 e. The lowest BCUT2D eigenvalue weighted by atomic mass is 10.1. The van der Waals surface area contributed by atoms with E-state index in [1.807, 2.05) is 0 Å². The molecule has 0 N–H and O–H groups in total. The van der Waals surface area contributed by atoms with Gasteiger partial charge in [0, 0.05) is 17.0 Å². The van der Waals surface area contributed by atoms with Crippen LogP contribution in [0.3, 0.4) is 0 Å². The topological polar surface area (TPSA) is 40.9 Å². The summed E-state index contributed by atoms with van der Waals surface area (Å²) in [6.45, 7) is 0. The van der Waals surface area contributed by atoms with E-state index in [0.717, 1.165) is 0 Å². The lowest BCUT2D eigenvalue weighted by molar-refractivity contribution is 0.112. The van der Waals surface area contributed by atoms with Crippen molar-refractivity contribution in [2.75, 3.05) is 0 Å². The Bertz CT molecular complexity index is 434. The van der Waals surface area contributed by atoms with E-state index in [1.54, 1.807) is 24.3 Å². The van der Waals surface area contributed by atoms with Gasteiger partial charge in [-0.2, -0.15) is 5.26 Å². The van der Waals surface area contributed by atoms with Gasteiger partial charge >= 0.3 is 0 Å². The van der Waals surface area contributed by atoms with Gasteiger partial charge in [0.2, 0.25) is 0 Å². The summed E-state index contributed by atoms with van der Waals surface area (Å²) in [7, 11) is 0. The Morgan fingerprint density at radius 1 is 1.46 bits per heavy atom. The fraction of sp³-hybridized carbons (Fsp3) is 0. The molecule has 0 amide bonds. The Kier molecular flexibility index (Phi) is 3.09. The molecule has 0 bridgehead atoms. The van der Waals surface area contributed by atoms with Gasteiger partial charge in [0.1, 0.15) is 6.29 Å². The number of nitrogens with zero attached hydrogens (tertiary/aromatic N) is 1. The van der Waals surface area contributed by atoms with E-state index in [9.17, 15) is 4.79 Å². The van der Waals surface area contributed by atoms with Crippen LogP contribution in [0.25, 0.3) is 0 Å². The molecule has 0 aliphatic carbocycles. The Hall–Kier alpha value is -1.77. The molecule has 2 nitrogen and oxygen atoms in total. The van der Waals surface area contributed by atoms with Gasteiger partial charge in [-0.1, -0.05) is 17.7 Å². The van der Waals surface area contributed by atoms with Crippen LogP contribution in [0, 0.1) is 23.2 Å². The first-order valence-electron chi connectivity index (χ1n) is 3.43. The molecule has 0 aliphatic heterocycles. The van der Waals surface area contributed by atoms with Gasteiger partial charge in [-0.3, -0.25) is 4.79 Å². The third-order valence-corrected chi connectivity index (χ3v) is 1.71. The number of halogens is 1. The number of hydrogen-bond donors (Lipinski definition) is 0. The Labute approximate surface area is 80.7 Å². The van der Waals surface area contributed by atoms with E-state index in [1.165, 1.54) is 0 Å². The average Bonchev–Trinajstić information content (AvgIpc) is 2.17. The highest BCUT2D eigenvalue weighted by molar-refractivity contribution is 6.31. The van der Waals surface area contributed by atoms with Crippen molar-refractivity contribution >= 4 is 17.9 Å². The number of benzene rings is 1. The summed E-state index contributed by atoms with van der Waals surface area (Å²) >= 11 is 5.76. The van der Waals surface area contributed by atoms with Crippen molar-refractivity contribution in [3.05, 3.63) is 34.3 Å². The Balaban J connectivity index is 3.20. The van der Waals surface area contributed by atoms with Gasteiger partial charge in [-0.05, 0) is 18.1 Å². The normalized spacial score (nSPS) is 8.00. The molecule has 3 heteroatoms. The first-order valence-corrected chi connectivity index (χ1v) is 3.80. The number of rotatable bonds is 1. The molecule has 0 radical (unpaired) electrons. The monoisotopic (exact) mass is 189 g/mol. The van der Waals surface area contributed by atoms with Crippen LogP contribution in [0.1, 0.15) is 15.9 Å². The highest BCUT2D eigenvalue weighted by Crippen LogP contribution is 2.15. The molecule has 0 saturated heterocycles. The van der Waals surface area contributed by atoms with Gasteiger partial charge in [-0.15, -0.1) is 0 Å².